The van der Waals surface area contributed by atoms with Crippen molar-refractivity contribution in [3.8, 4) is 0 Å². The van der Waals surface area contributed by atoms with Crippen LogP contribution < -0.4 is 10.6 Å². The molecule has 4 heteroatoms. The molecular weight excluding hydrogens is 276 g/mol. The van der Waals surface area contributed by atoms with E-state index in [0.29, 0.717) is 11.4 Å². The van der Waals surface area contributed by atoms with E-state index in [1.165, 1.54) is 0 Å². The molecule has 114 valence electrons. The van der Waals surface area contributed by atoms with E-state index in [2.05, 4.69) is 10.6 Å². The van der Waals surface area contributed by atoms with Gasteiger partial charge in [0.15, 0.2) is 0 Å². The Kier molecular flexibility index (Phi) is 4.61. The lowest BCUT2D eigenvalue weighted by atomic mass is 10.1. The van der Waals surface area contributed by atoms with Crippen LogP contribution in [0.15, 0.2) is 36.4 Å². The number of carbonyl (C=O) groups excluding carboxylic acids is 2. The van der Waals surface area contributed by atoms with Gasteiger partial charge in [0.25, 0.3) is 0 Å². The molecule has 22 heavy (non-hydrogen) atoms. The summed E-state index contributed by atoms with van der Waals surface area (Å²) >= 11 is 0. The van der Waals surface area contributed by atoms with Gasteiger partial charge in [0, 0.05) is 11.4 Å². The second-order valence-electron chi connectivity index (χ2n) is 5.53. The second kappa shape index (κ2) is 6.43. The van der Waals surface area contributed by atoms with Crippen molar-refractivity contribution in [3.63, 3.8) is 0 Å². The van der Waals surface area contributed by atoms with E-state index in [1.54, 1.807) is 6.07 Å². The number of hydrogen-bond acceptors (Lipinski definition) is 2. The zero-order chi connectivity index (χ0) is 16.3. The molecule has 2 aromatic carbocycles. The van der Waals surface area contributed by atoms with E-state index in [0.717, 1.165) is 22.3 Å². The van der Waals surface area contributed by atoms with Gasteiger partial charge in [0.1, 0.15) is 0 Å². The molecule has 0 aliphatic rings. The van der Waals surface area contributed by atoms with Crippen LogP contribution in [0.5, 0.6) is 0 Å². The first-order valence-corrected chi connectivity index (χ1v) is 7.13. The Balaban J connectivity index is 2.09. The number of hydrogen-bond donors (Lipinski definition) is 2. The highest BCUT2D eigenvalue weighted by atomic mass is 16.2. The summed E-state index contributed by atoms with van der Waals surface area (Å²) in [4.78, 5) is 24.0. The lowest BCUT2D eigenvalue weighted by Gasteiger charge is -2.11. The van der Waals surface area contributed by atoms with Gasteiger partial charge >= 0.3 is 11.8 Å². The zero-order valence-corrected chi connectivity index (χ0v) is 13.3. The van der Waals surface area contributed by atoms with Gasteiger partial charge in [-0.1, -0.05) is 18.2 Å². The van der Waals surface area contributed by atoms with Gasteiger partial charge in [-0.2, -0.15) is 0 Å². The molecule has 2 aromatic rings. The first-order chi connectivity index (χ1) is 10.4. The first-order valence-electron chi connectivity index (χ1n) is 7.13. The lowest BCUT2D eigenvalue weighted by molar-refractivity contribution is -0.133. The van der Waals surface area contributed by atoms with Crippen LogP contribution in [0.3, 0.4) is 0 Å². The molecular formula is C18H20N2O2. The normalized spacial score (nSPS) is 10.2. The largest absolute Gasteiger partial charge is 0.318 e. The van der Waals surface area contributed by atoms with Crippen molar-refractivity contribution in [3.05, 3.63) is 58.7 Å². The Labute approximate surface area is 130 Å². The molecule has 0 unspecified atom stereocenters. The minimum absolute atomic E-state index is 0.624. The molecule has 0 saturated heterocycles. The quantitative estimate of drug-likeness (QED) is 0.833. The van der Waals surface area contributed by atoms with E-state index in [4.69, 9.17) is 0 Å². The predicted octanol–water partition coefficient (Wildman–Crippen LogP) is 3.50. The van der Waals surface area contributed by atoms with E-state index >= 15 is 0 Å². The van der Waals surface area contributed by atoms with E-state index in [9.17, 15) is 9.59 Å². The minimum Gasteiger partial charge on any atom is -0.318 e. The fraction of sp³-hybridized carbons (Fsp3) is 0.222. The maximum Gasteiger partial charge on any atom is 0.314 e. The highest BCUT2D eigenvalue weighted by molar-refractivity contribution is 6.43. The molecule has 4 nitrogen and oxygen atoms in total. The molecule has 0 aliphatic carbocycles. The second-order valence-corrected chi connectivity index (χ2v) is 5.53. The van der Waals surface area contributed by atoms with Crippen molar-refractivity contribution in [2.24, 2.45) is 0 Å². The molecule has 2 amide bonds. The highest BCUT2D eigenvalue weighted by Gasteiger charge is 2.15. The maximum atomic E-state index is 12.0. The summed E-state index contributed by atoms with van der Waals surface area (Å²) in [6.45, 7) is 7.75. The third-order valence-corrected chi connectivity index (χ3v) is 3.54. The molecule has 0 saturated carbocycles. The molecule has 2 rings (SSSR count). The van der Waals surface area contributed by atoms with Crippen LogP contribution >= 0.6 is 0 Å². The van der Waals surface area contributed by atoms with Gasteiger partial charge in [0.05, 0.1) is 0 Å². The third kappa shape index (κ3) is 3.73. The molecule has 0 fully saturated rings. The van der Waals surface area contributed by atoms with Gasteiger partial charge in [-0.25, -0.2) is 0 Å². The smallest absolute Gasteiger partial charge is 0.314 e. The van der Waals surface area contributed by atoms with Crippen molar-refractivity contribution in [2.75, 3.05) is 10.6 Å². The maximum absolute atomic E-state index is 12.0. The highest BCUT2D eigenvalue weighted by Crippen LogP contribution is 2.18. The van der Waals surface area contributed by atoms with Crippen LogP contribution in [0.2, 0.25) is 0 Å². The van der Waals surface area contributed by atoms with Gasteiger partial charge in [-0.05, 0) is 68.1 Å². The van der Waals surface area contributed by atoms with Crippen LogP contribution in [0.1, 0.15) is 22.3 Å². The molecule has 0 spiro atoms. The Bertz CT molecular complexity index is 716. The molecule has 0 atom stereocenters. The van der Waals surface area contributed by atoms with Crippen LogP contribution in [-0.2, 0) is 9.59 Å². The molecule has 0 bridgehead atoms. The van der Waals surface area contributed by atoms with Crippen molar-refractivity contribution in [1.82, 2.24) is 0 Å². The number of carbonyl (C=O) groups is 2. The summed E-state index contributed by atoms with van der Waals surface area (Å²) in [5.74, 6) is -1.35. The van der Waals surface area contributed by atoms with Crippen molar-refractivity contribution < 1.29 is 9.59 Å². The molecule has 0 aromatic heterocycles. The van der Waals surface area contributed by atoms with Crippen LogP contribution in [0, 0.1) is 27.7 Å². The number of anilines is 2. The SMILES string of the molecule is Cc1cc(C)cc(NC(=O)C(=O)Nc2cccc(C)c2C)c1. The van der Waals surface area contributed by atoms with Gasteiger partial charge < -0.3 is 10.6 Å². The standard InChI is InChI=1S/C18H20N2O2/c1-11-8-12(2)10-15(9-11)19-17(21)18(22)20-16-7-5-6-13(3)14(16)4/h5-10H,1-4H3,(H,19,21)(H,20,22). The summed E-state index contributed by atoms with van der Waals surface area (Å²) in [5.41, 5.74) is 5.36. The molecule has 0 radical (unpaired) electrons. The fourth-order valence-corrected chi connectivity index (χ4v) is 2.30. The van der Waals surface area contributed by atoms with Gasteiger partial charge in [-0.3, -0.25) is 9.59 Å². The molecule has 0 aliphatic heterocycles. The van der Waals surface area contributed by atoms with E-state index in [-0.39, 0.29) is 0 Å². The van der Waals surface area contributed by atoms with E-state index in [1.807, 2.05) is 58.0 Å². The van der Waals surface area contributed by atoms with Crippen molar-refractivity contribution in [2.45, 2.75) is 27.7 Å². The average molecular weight is 296 g/mol. The van der Waals surface area contributed by atoms with Crippen LogP contribution in [0.4, 0.5) is 11.4 Å². The fourth-order valence-electron chi connectivity index (χ4n) is 2.30. The number of benzene rings is 2. The molecule has 0 heterocycles. The molecule has 2 N–H and O–H groups in total. The number of amides is 2. The van der Waals surface area contributed by atoms with Crippen molar-refractivity contribution >= 4 is 23.2 Å². The first kappa shape index (κ1) is 15.8. The predicted molar refractivity (Wildman–Crippen MR) is 89.1 cm³/mol. The Morgan fingerprint density at radius 1 is 0.818 bits per heavy atom. The Morgan fingerprint density at radius 2 is 1.41 bits per heavy atom. The summed E-state index contributed by atoms with van der Waals surface area (Å²) in [6.07, 6.45) is 0. The summed E-state index contributed by atoms with van der Waals surface area (Å²) in [5, 5.41) is 5.28. The van der Waals surface area contributed by atoms with Crippen LogP contribution in [0.25, 0.3) is 0 Å². The van der Waals surface area contributed by atoms with Gasteiger partial charge in [-0.15, -0.1) is 0 Å². The third-order valence-electron chi connectivity index (χ3n) is 3.54. The van der Waals surface area contributed by atoms with Crippen molar-refractivity contribution in [1.29, 1.82) is 0 Å². The Morgan fingerprint density at radius 3 is 2.05 bits per heavy atom. The van der Waals surface area contributed by atoms with Crippen LogP contribution in [-0.4, -0.2) is 11.8 Å². The summed E-state index contributed by atoms with van der Waals surface area (Å²) in [6, 6.07) is 11.3. The average Bonchev–Trinajstić information content (AvgIpc) is 2.42. The Hall–Kier alpha value is -2.62. The summed E-state index contributed by atoms with van der Waals surface area (Å²) in [7, 11) is 0. The number of nitrogens with one attached hydrogen (secondary N) is 2. The monoisotopic (exact) mass is 296 g/mol. The zero-order valence-electron chi connectivity index (χ0n) is 13.3. The summed E-state index contributed by atoms with van der Waals surface area (Å²) < 4.78 is 0. The van der Waals surface area contributed by atoms with E-state index < -0.39 is 11.8 Å². The topological polar surface area (TPSA) is 58.2 Å². The lowest BCUT2D eigenvalue weighted by Crippen LogP contribution is -2.29. The number of rotatable bonds is 2. The number of aryl methyl sites for hydroxylation is 3. The van der Waals surface area contributed by atoms with Gasteiger partial charge in [0.2, 0.25) is 0 Å². The minimum atomic E-state index is -0.675.